The maximum atomic E-state index is 5.60. The molecule has 0 amide bonds. The van der Waals surface area contributed by atoms with E-state index in [0.29, 0.717) is 5.92 Å². The largest absolute Gasteiger partial charge is 0.376 e. The Kier molecular flexibility index (Phi) is 4.69. The number of hydrogen-bond donors (Lipinski definition) is 1. The minimum atomic E-state index is 0.00199. The quantitative estimate of drug-likeness (QED) is 0.673. The summed E-state index contributed by atoms with van der Waals surface area (Å²) in [6.07, 6.45) is 0. The summed E-state index contributed by atoms with van der Waals surface area (Å²) in [5.74, 6) is 0.597. The van der Waals surface area contributed by atoms with E-state index in [1.807, 2.05) is 7.05 Å². The van der Waals surface area contributed by atoms with Gasteiger partial charge >= 0.3 is 0 Å². The summed E-state index contributed by atoms with van der Waals surface area (Å²) in [4.78, 5) is 0. The number of hydrogen-bond acceptors (Lipinski definition) is 2. The molecule has 1 unspecified atom stereocenters. The highest BCUT2D eigenvalue weighted by atomic mass is 16.5. The van der Waals surface area contributed by atoms with Gasteiger partial charge in [0, 0.05) is 0 Å². The molecule has 2 nitrogen and oxygen atoms in total. The third kappa shape index (κ3) is 7.82. The summed E-state index contributed by atoms with van der Waals surface area (Å²) in [6, 6.07) is 0. The minimum Gasteiger partial charge on any atom is -0.376 e. The second-order valence-corrected chi connectivity index (χ2v) is 4.09. The molecule has 0 aliphatic carbocycles. The molecule has 0 spiro atoms. The lowest BCUT2D eigenvalue weighted by atomic mass is 10.1. The van der Waals surface area contributed by atoms with Crippen LogP contribution in [0, 0.1) is 5.92 Å². The average molecular weight is 159 g/mol. The molecule has 0 rings (SSSR count). The smallest absolute Gasteiger partial charge is 0.0598 e. The monoisotopic (exact) mass is 159 g/mol. The van der Waals surface area contributed by atoms with Crippen LogP contribution in [-0.2, 0) is 4.74 Å². The zero-order chi connectivity index (χ0) is 8.91. The molecule has 0 aliphatic heterocycles. The van der Waals surface area contributed by atoms with Crippen LogP contribution < -0.4 is 5.32 Å². The lowest BCUT2D eigenvalue weighted by Gasteiger charge is -2.22. The Bertz CT molecular complexity index is 96.2. The van der Waals surface area contributed by atoms with Crippen LogP contribution in [0.25, 0.3) is 0 Å². The van der Waals surface area contributed by atoms with Gasteiger partial charge < -0.3 is 10.1 Å². The molecule has 11 heavy (non-hydrogen) atoms. The van der Waals surface area contributed by atoms with Gasteiger partial charge in [-0.05, 0) is 40.3 Å². The van der Waals surface area contributed by atoms with Crippen molar-refractivity contribution in [1.29, 1.82) is 0 Å². The molecule has 0 bridgehead atoms. The van der Waals surface area contributed by atoms with Crippen molar-refractivity contribution < 1.29 is 4.74 Å². The molecule has 0 aromatic rings. The van der Waals surface area contributed by atoms with Gasteiger partial charge in [0.2, 0.25) is 0 Å². The van der Waals surface area contributed by atoms with Gasteiger partial charge in [0.15, 0.2) is 0 Å². The Morgan fingerprint density at radius 1 is 1.36 bits per heavy atom. The maximum absolute atomic E-state index is 5.60. The fraction of sp³-hybridized carbons (Fsp3) is 1.00. The molecule has 68 valence electrons. The summed E-state index contributed by atoms with van der Waals surface area (Å²) < 4.78 is 5.60. The Balaban J connectivity index is 3.38. The lowest BCUT2D eigenvalue weighted by Crippen LogP contribution is -2.27. The Hall–Kier alpha value is -0.0800. The molecular formula is C9H21NO. The van der Waals surface area contributed by atoms with Crippen molar-refractivity contribution in [3.8, 4) is 0 Å². The van der Waals surface area contributed by atoms with Gasteiger partial charge in [-0.3, -0.25) is 0 Å². The lowest BCUT2D eigenvalue weighted by molar-refractivity contribution is -0.0189. The van der Waals surface area contributed by atoms with Gasteiger partial charge in [-0.2, -0.15) is 0 Å². The van der Waals surface area contributed by atoms with Crippen LogP contribution in [0.5, 0.6) is 0 Å². The van der Waals surface area contributed by atoms with Gasteiger partial charge in [0.25, 0.3) is 0 Å². The molecule has 0 aromatic carbocycles. The summed E-state index contributed by atoms with van der Waals surface area (Å²) >= 11 is 0. The molecule has 0 radical (unpaired) electrons. The first-order valence-electron chi connectivity index (χ1n) is 4.24. The SMILES string of the molecule is CNCC(C)COC(C)(C)C. The van der Waals surface area contributed by atoms with Crippen molar-refractivity contribution in [2.24, 2.45) is 5.92 Å². The van der Waals surface area contributed by atoms with Crippen molar-refractivity contribution in [3.05, 3.63) is 0 Å². The standard InChI is InChI=1S/C9H21NO/c1-8(6-10-5)7-11-9(2,3)4/h8,10H,6-7H2,1-5H3. The first-order chi connectivity index (χ1) is 4.95. The van der Waals surface area contributed by atoms with E-state index in [0.717, 1.165) is 13.2 Å². The predicted molar refractivity (Wildman–Crippen MR) is 48.8 cm³/mol. The van der Waals surface area contributed by atoms with Crippen molar-refractivity contribution in [1.82, 2.24) is 5.32 Å². The van der Waals surface area contributed by atoms with Crippen LogP contribution in [0.15, 0.2) is 0 Å². The van der Waals surface area contributed by atoms with E-state index in [-0.39, 0.29) is 5.60 Å². The van der Waals surface area contributed by atoms with Crippen molar-refractivity contribution in [2.75, 3.05) is 20.2 Å². The van der Waals surface area contributed by atoms with E-state index >= 15 is 0 Å². The van der Waals surface area contributed by atoms with Crippen LogP contribution in [-0.4, -0.2) is 25.8 Å². The van der Waals surface area contributed by atoms with Gasteiger partial charge in [0.05, 0.1) is 12.2 Å². The van der Waals surface area contributed by atoms with Crippen LogP contribution in [0.1, 0.15) is 27.7 Å². The Morgan fingerprint density at radius 2 is 1.91 bits per heavy atom. The molecule has 1 atom stereocenters. The second kappa shape index (κ2) is 4.73. The fourth-order valence-electron chi connectivity index (χ4n) is 0.800. The number of rotatable bonds is 4. The fourth-order valence-corrected chi connectivity index (χ4v) is 0.800. The van der Waals surface area contributed by atoms with Crippen LogP contribution in [0.3, 0.4) is 0 Å². The van der Waals surface area contributed by atoms with Crippen LogP contribution in [0.2, 0.25) is 0 Å². The average Bonchev–Trinajstić information content (AvgIpc) is 1.83. The molecule has 2 heteroatoms. The highest BCUT2D eigenvalue weighted by Gasteiger charge is 2.11. The zero-order valence-electron chi connectivity index (χ0n) is 8.40. The Labute approximate surface area is 70.3 Å². The van der Waals surface area contributed by atoms with Gasteiger partial charge in [0.1, 0.15) is 0 Å². The van der Waals surface area contributed by atoms with E-state index < -0.39 is 0 Å². The first kappa shape index (κ1) is 10.9. The molecule has 0 fully saturated rings. The van der Waals surface area contributed by atoms with E-state index in [1.54, 1.807) is 0 Å². The van der Waals surface area contributed by atoms with E-state index in [9.17, 15) is 0 Å². The van der Waals surface area contributed by atoms with Gasteiger partial charge in [-0.25, -0.2) is 0 Å². The molecule has 0 aromatic heterocycles. The van der Waals surface area contributed by atoms with Gasteiger partial charge in [-0.1, -0.05) is 6.92 Å². The third-order valence-electron chi connectivity index (χ3n) is 1.35. The minimum absolute atomic E-state index is 0.00199. The molecule has 0 saturated heterocycles. The summed E-state index contributed by atoms with van der Waals surface area (Å²) in [6.45, 7) is 10.3. The zero-order valence-corrected chi connectivity index (χ0v) is 8.40. The molecule has 0 aliphatic rings. The number of ether oxygens (including phenoxy) is 1. The molecule has 0 saturated carbocycles. The normalized spacial score (nSPS) is 15.0. The maximum Gasteiger partial charge on any atom is 0.0598 e. The van der Waals surface area contributed by atoms with Crippen molar-refractivity contribution >= 4 is 0 Å². The highest BCUT2D eigenvalue weighted by molar-refractivity contribution is 4.61. The van der Waals surface area contributed by atoms with Crippen molar-refractivity contribution in [2.45, 2.75) is 33.3 Å². The highest BCUT2D eigenvalue weighted by Crippen LogP contribution is 2.08. The van der Waals surface area contributed by atoms with E-state index in [4.69, 9.17) is 4.74 Å². The van der Waals surface area contributed by atoms with Gasteiger partial charge in [-0.15, -0.1) is 0 Å². The summed E-state index contributed by atoms with van der Waals surface area (Å²) in [5, 5.41) is 3.12. The molecular weight excluding hydrogens is 138 g/mol. The topological polar surface area (TPSA) is 21.3 Å². The van der Waals surface area contributed by atoms with E-state index in [2.05, 4.69) is 33.0 Å². The number of nitrogens with one attached hydrogen (secondary N) is 1. The summed E-state index contributed by atoms with van der Waals surface area (Å²) in [7, 11) is 1.97. The summed E-state index contributed by atoms with van der Waals surface area (Å²) in [5.41, 5.74) is 0.00199. The second-order valence-electron chi connectivity index (χ2n) is 4.09. The van der Waals surface area contributed by atoms with Crippen LogP contribution in [0.4, 0.5) is 0 Å². The Morgan fingerprint density at radius 3 is 2.27 bits per heavy atom. The molecule has 1 N–H and O–H groups in total. The van der Waals surface area contributed by atoms with E-state index in [1.165, 1.54) is 0 Å². The van der Waals surface area contributed by atoms with Crippen molar-refractivity contribution in [3.63, 3.8) is 0 Å². The molecule has 0 heterocycles. The third-order valence-corrected chi connectivity index (χ3v) is 1.35. The van der Waals surface area contributed by atoms with Crippen LogP contribution >= 0.6 is 0 Å². The predicted octanol–water partition coefficient (Wildman–Crippen LogP) is 1.66. The first-order valence-corrected chi connectivity index (χ1v) is 4.24.